The zero-order chi connectivity index (χ0) is 9.68. The fraction of sp³-hybridized carbons (Fsp3) is 0.125. The Morgan fingerprint density at radius 2 is 2.00 bits per heavy atom. The number of isocyanates is 2. The maximum absolute atomic E-state index is 9.92. The van der Waals surface area contributed by atoms with Crippen molar-refractivity contribution >= 4 is 23.7 Å². The molecule has 0 radical (unpaired) electrons. The molecule has 0 spiro atoms. The number of nitrogens with zero attached hydrogens (tertiary/aromatic N) is 3. The monoisotopic (exact) mass is 175 g/mol. The second-order valence-corrected chi connectivity index (χ2v) is 2.24. The molecule has 1 aromatic rings. The Labute approximate surface area is 73.9 Å². The number of aromatic nitrogens is 1. The summed E-state index contributed by atoms with van der Waals surface area (Å²) >= 11 is 0. The van der Waals surface area contributed by atoms with E-state index in [-0.39, 0.29) is 5.82 Å². The summed E-state index contributed by atoms with van der Waals surface area (Å²) in [4.78, 5) is 30.3. The molecule has 5 nitrogen and oxygen atoms in total. The fourth-order valence-electron chi connectivity index (χ4n) is 0.827. The molecule has 1 aromatic heterocycles. The van der Waals surface area contributed by atoms with Gasteiger partial charge in [0, 0.05) is 0 Å². The first-order valence-corrected chi connectivity index (χ1v) is 3.40. The van der Waals surface area contributed by atoms with Gasteiger partial charge in [0.05, 0.1) is 11.9 Å². The number of aliphatic imine (C=N–C) groups is 2. The van der Waals surface area contributed by atoms with E-state index in [0.29, 0.717) is 11.3 Å². The standard InChI is InChI=1S/C8H5N3O2/c1-6-2-7(10-4-12)3-9-8(6)11-5-13/h2-3H,1H3. The van der Waals surface area contributed by atoms with Crippen LogP contribution in [0.1, 0.15) is 5.56 Å². The van der Waals surface area contributed by atoms with Crippen molar-refractivity contribution in [3.05, 3.63) is 17.8 Å². The van der Waals surface area contributed by atoms with E-state index in [1.807, 2.05) is 0 Å². The molecule has 0 aliphatic carbocycles. The maximum Gasteiger partial charge on any atom is 0.242 e. The molecule has 0 fully saturated rings. The second-order valence-electron chi connectivity index (χ2n) is 2.24. The Kier molecular flexibility index (Phi) is 2.82. The molecule has 0 atom stereocenters. The van der Waals surface area contributed by atoms with Gasteiger partial charge in [-0.15, -0.1) is 4.99 Å². The quantitative estimate of drug-likeness (QED) is 0.502. The summed E-state index contributed by atoms with van der Waals surface area (Å²) in [6, 6.07) is 1.58. The molecule has 0 saturated carbocycles. The summed E-state index contributed by atoms with van der Waals surface area (Å²) in [5.74, 6) is 0.278. The van der Waals surface area contributed by atoms with Crippen LogP contribution < -0.4 is 0 Å². The molecule has 0 aliphatic rings. The van der Waals surface area contributed by atoms with Crippen LogP contribution in [-0.2, 0) is 9.59 Å². The fourth-order valence-corrected chi connectivity index (χ4v) is 0.827. The van der Waals surface area contributed by atoms with Crippen LogP contribution in [0.15, 0.2) is 22.2 Å². The number of aryl methyl sites for hydroxylation is 1. The molecule has 5 heteroatoms. The van der Waals surface area contributed by atoms with E-state index in [4.69, 9.17) is 0 Å². The largest absolute Gasteiger partial charge is 0.242 e. The molecule has 0 amide bonds. The molecule has 0 N–H and O–H groups in total. The van der Waals surface area contributed by atoms with Gasteiger partial charge in [0.1, 0.15) is 0 Å². The summed E-state index contributed by atoms with van der Waals surface area (Å²) in [5, 5.41) is 0. The molecule has 64 valence electrons. The molecule has 0 saturated heterocycles. The predicted octanol–water partition coefficient (Wildman–Crippen LogP) is 1.32. The van der Waals surface area contributed by atoms with Crippen molar-refractivity contribution in [2.24, 2.45) is 9.98 Å². The van der Waals surface area contributed by atoms with Gasteiger partial charge in [0.2, 0.25) is 12.2 Å². The van der Waals surface area contributed by atoms with Crippen LogP contribution in [0.4, 0.5) is 11.5 Å². The summed E-state index contributed by atoms with van der Waals surface area (Å²) in [5.41, 5.74) is 1.04. The number of pyridine rings is 1. The van der Waals surface area contributed by atoms with Crippen LogP contribution in [0.2, 0.25) is 0 Å². The molecule has 1 rings (SSSR count). The average molecular weight is 175 g/mol. The van der Waals surface area contributed by atoms with Crippen molar-refractivity contribution in [2.45, 2.75) is 6.92 Å². The highest BCUT2D eigenvalue weighted by molar-refractivity contribution is 5.55. The van der Waals surface area contributed by atoms with E-state index in [1.165, 1.54) is 18.4 Å². The minimum Gasteiger partial charge on any atom is -0.234 e. The van der Waals surface area contributed by atoms with E-state index >= 15 is 0 Å². The van der Waals surface area contributed by atoms with Crippen LogP contribution in [0, 0.1) is 6.92 Å². The summed E-state index contributed by atoms with van der Waals surface area (Å²) in [7, 11) is 0. The first-order chi connectivity index (χ1) is 6.27. The minimum atomic E-state index is 0.278. The van der Waals surface area contributed by atoms with Crippen molar-refractivity contribution in [1.82, 2.24) is 4.98 Å². The lowest BCUT2D eigenvalue weighted by Crippen LogP contribution is -1.79. The van der Waals surface area contributed by atoms with Crippen molar-refractivity contribution in [2.75, 3.05) is 0 Å². The third kappa shape index (κ3) is 2.17. The van der Waals surface area contributed by atoms with Crippen LogP contribution in [0.5, 0.6) is 0 Å². The van der Waals surface area contributed by atoms with Gasteiger partial charge >= 0.3 is 0 Å². The first kappa shape index (κ1) is 9.00. The summed E-state index contributed by atoms with van der Waals surface area (Å²) < 4.78 is 0. The minimum absolute atomic E-state index is 0.278. The van der Waals surface area contributed by atoms with Gasteiger partial charge < -0.3 is 0 Å². The van der Waals surface area contributed by atoms with Crippen molar-refractivity contribution in [3.8, 4) is 0 Å². The zero-order valence-corrected chi connectivity index (χ0v) is 6.81. The van der Waals surface area contributed by atoms with Gasteiger partial charge in [-0.3, -0.25) is 0 Å². The molecule has 0 bridgehead atoms. The Balaban J connectivity index is 3.19. The first-order valence-electron chi connectivity index (χ1n) is 3.40. The van der Waals surface area contributed by atoms with Crippen LogP contribution in [0.25, 0.3) is 0 Å². The lowest BCUT2D eigenvalue weighted by Gasteiger charge is -1.96. The van der Waals surface area contributed by atoms with Crippen LogP contribution in [0.3, 0.4) is 0 Å². The number of carbonyl (C=O) groups excluding carboxylic acids is 2. The van der Waals surface area contributed by atoms with Gasteiger partial charge in [-0.25, -0.2) is 14.6 Å². The third-order valence-corrected chi connectivity index (χ3v) is 1.36. The Bertz CT molecular complexity index is 415. The highest BCUT2D eigenvalue weighted by Gasteiger charge is 1.98. The molecular weight excluding hydrogens is 170 g/mol. The van der Waals surface area contributed by atoms with E-state index in [9.17, 15) is 9.59 Å². The number of hydrogen-bond donors (Lipinski definition) is 0. The Morgan fingerprint density at radius 3 is 2.54 bits per heavy atom. The van der Waals surface area contributed by atoms with Gasteiger partial charge in [0.15, 0.2) is 5.82 Å². The van der Waals surface area contributed by atoms with Crippen molar-refractivity contribution in [3.63, 3.8) is 0 Å². The normalized spacial score (nSPS) is 8.38. The molecule has 0 unspecified atom stereocenters. The van der Waals surface area contributed by atoms with E-state index in [0.717, 1.165) is 0 Å². The van der Waals surface area contributed by atoms with Crippen LogP contribution >= 0.6 is 0 Å². The van der Waals surface area contributed by atoms with Gasteiger partial charge in [-0.1, -0.05) is 0 Å². The Morgan fingerprint density at radius 1 is 1.31 bits per heavy atom. The zero-order valence-electron chi connectivity index (χ0n) is 6.81. The lowest BCUT2D eigenvalue weighted by atomic mass is 10.3. The SMILES string of the molecule is Cc1cc(N=C=O)cnc1N=C=O. The molecular formula is C8H5N3O2. The van der Waals surface area contributed by atoms with Crippen molar-refractivity contribution < 1.29 is 9.59 Å². The van der Waals surface area contributed by atoms with Gasteiger partial charge in [-0.2, -0.15) is 4.99 Å². The second kappa shape index (κ2) is 4.07. The molecule has 0 aromatic carbocycles. The van der Waals surface area contributed by atoms with Gasteiger partial charge in [-0.05, 0) is 18.6 Å². The lowest BCUT2D eigenvalue weighted by molar-refractivity contribution is 0.564. The topological polar surface area (TPSA) is 71.8 Å². The average Bonchev–Trinajstić information content (AvgIpc) is 2.10. The molecule has 0 aliphatic heterocycles. The van der Waals surface area contributed by atoms with E-state index in [1.54, 1.807) is 13.0 Å². The summed E-state index contributed by atoms with van der Waals surface area (Å²) in [6.45, 7) is 1.70. The predicted molar refractivity (Wildman–Crippen MR) is 44.5 cm³/mol. The summed E-state index contributed by atoms with van der Waals surface area (Å²) in [6.07, 6.45) is 4.10. The van der Waals surface area contributed by atoms with Crippen molar-refractivity contribution in [1.29, 1.82) is 0 Å². The van der Waals surface area contributed by atoms with Crippen LogP contribution in [-0.4, -0.2) is 17.1 Å². The molecule has 1 heterocycles. The highest BCUT2D eigenvalue weighted by Crippen LogP contribution is 2.19. The smallest absolute Gasteiger partial charge is 0.234 e. The number of rotatable bonds is 2. The number of hydrogen-bond acceptors (Lipinski definition) is 5. The highest BCUT2D eigenvalue weighted by atomic mass is 16.1. The van der Waals surface area contributed by atoms with Gasteiger partial charge in [0.25, 0.3) is 0 Å². The third-order valence-electron chi connectivity index (χ3n) is 1.36. The molecule has 13 heavy (non-hydrogen) atoms. The Hall–Kier alpha value is -2.09. The van der Waals surface area contributed by atoms with E-state index in [2.05, 4.69) is 15.0 Å². The maximum atomic E-state index is 9.92. The van der Waals surface area contributed by atoms with E-state index < -0.39 is 0 Å².